The highest BCUT2D eigenvalue weighted by Gasteiger charge is 2.06. The molecule has 0 heterocycles. The Labute approximate surface area is 83.5 Å². The second-order valence-corrected chi connectivity index (χ2v) is 3.86. The zero-order valence-electron chi connectivity index (χ0n) is 7.14. The van der Waals surface area contributed by atoms with E-state index in [9.17, 15) is 0 Å². The van der Waals surface area contributed by atoms with Gasteiger partial charge in [-0.15, -0.1) is 0 Å². The molecule has 0 amide bonds. The highest BCUT2D eigenvalue weighted by Crippen LogP contribution is 2.27. The topological polar surface area (TPSA) is 0 Å². The third kappa shape index (κ3) is 2.40. The normalized spacial score (nSPS) is 10.8. The minimum Gasteiger partial charge on any atom is -0.0840 e. The molecule has 0 saturated heterocycles. The van der Waals surface area contributed by atoms with Gasteiger partial charge in [0.15, 0.2) is 0 Å². The van der Waals surface area contributed by atoms with Gasteiger partial charge in [0.05, 0.1) is 0 Å². The molecule has 0 bridgehead atoms. The van der Waals surface area contributed by atoms with Crippen molar-refractivity contribution in [3.63, 3.8) is 0 Å². The Balaban J connectivity index is 2.96. The SMILES string of the molecule is CC(C)[CH]c1c(Cl)cccc1Cl. The quantitative estimate of drug-likeness (QED) is 0.674. The van der Waals surface area contributed by atoms with E-state index in [1.165, 1.54) is 0 Å². The summed E-state index contributed by atoms with van der Waals surface area (Å²) in [5, 5.41) is 1.44. The zero-order valence-corrected chi connectivity index (χ0v) is 8.65. The van der Waals surface area contributed by atoms with Crippen LogP contribution in [0.1, 0.15) is 19.4 Å². The van der Waals surface area contributed by atoms with Crippen LogP contribution in [-0.4, -0.2) is 0 Å². The largest absolute Gasteiger partial charge is 0.0840 e. The van der Waals surface area contributed by atoms with Gasteiger partial charge in [-0.3, -0.25) is 0 Å². The lowest BCUT2D eigenvalue weighted by Crippen LogP contribution is -1.92. The molecule has 0 aromatic heterocycles. The summed E-state index contributed by atoms with van der Waals surface area (Å²) in [6, 6.07) is 5.55. The van der Waals surface area contributed by atoms with Crippen molar-refractivity contribution in [2.45, 2.75) is 13.8 Å². The molecule has 0 spiro atoms. The summed E-state index contributed by atoms with van der Waals surface area (Å²) in [5.41, 5.74) is 0.941. The average molecular weight is 202 g/mol. The van der Waals surface area contributed by atoms with E-state index >= 15 is 0 Å². The van der Waals surface area contributed by atoms with Gasteiger partial charge in [0.25, 0.3) is 0 Å². The molecule has 1 radical (unpaired) electrons. The van der Waals surface area contributed by atoms with Crippen LogP contribution >= 0.6 is 23.2 Å². The summed E-state index contributed by atoms with van der Waals surface area (Å²) < 4.78 is 0. The lowest BCUT2D eigenvalue weighted by Gasteiger charge is -2.08. The molecule has 1 rings (SSSR count). The fourth-order valence-electron chi connectivity index (χ4n) is 1.00. The molecule has 12 heavy (non-hydrogen) atoms. The van der Waals surface area contributed by atoms with Gasteiger partial charge in [-0.1, -0.05) is 43.1 Å². The predicted molar refractivity (Wildman–Crippen MR) is 54.7 cm³/mol. The van der Waals surface area contributed by atoms with Crippen LogP contribution in [0.4, 0.5) is 0 Å². The van der Waals surface area contributed by atoms with Gasteiger partial charge in [-0.2, -0.15) is 0 Å². The van der Waals surface area contributed by atoms with Gasteiger partial charge >= 0.3 is 0 Å². The number of rotatable bonds is 2. The molecule has 0 unspecified atom stereocenters. The summed E-state index contributed by atoms with van der Waals surface area (Å²) in [5.74, 6) is 0.461. The second-order valence-electron chi connectivity index (χ2n) is 3.05. The van der Waals surface area contributed by atoms with Crippen molar-refractivity contribution in [1.29, 1.82) is 0 Å². The van der Waals surface area contributed by atoms with Crippen molar-refractivity contribution < 1.29 is 0 Å². The molecule has 65 valence electrons. The van der Waals surface area contributed by atoms with Crippen LogP contribution in [0.2, 0.25) is 10.0 Å². The predicted octanol–water partition coefficient (Wildman–Crippen LogP) is 4.20. The Bertz CT molecular complexity index is 246. The Kier molecular flexibility index (Phi) is 3.42. The first-order valence-corrected chi connectivity index (χ1v) is 4.65. The van der Waals surface area contributed by atoms with E-state index in [2.05, 4.69) is 20.3 Å². The first-order valence-electron chi connectivity index (χ1n) is 3.90. The molecular weight excluding hydrogens is 191 g/mol. The highest BCUT2D eigenvalue weighted by atomic mass is 35.5. The van der Waals surface area contributed by atoms with Crippen LogP contribution < -0.4 is 0 Å². The lowest BCUT2D eigenvalue weighted by molar-refractivity contribution is 0.777. The third-order valence-corrected chi connectivity index (χ3v) is 2.16. The van der Waals surface area contributed by atoms with E-state index in [4.69, 9.17) is 23.2 Å². The van der Waals surface area contributed by atoms with Gasteiger partial charge < -0.3 is 0 Å². The van der Waals surface area contributed by atoms with Gasteiger partial charge in [0.1, 0.15) is 0 Å². The summed E-state index contributed by atoms with van der Waals surface area (Å²) in [4.78, 5) is 0. The number of hydrogen-bond donors (Lipinski definition) is 0. The van der Waals surface area contributed by atoms with Gasteiger partial charge in [0.2, 0.25) is 0 Å². The smallest absolute Gasteiger partial charge is 0.0456 e. The van der Waals surface area contributed by atoms with Crippen LogP contribution in [0.3, 0.4) is 0 Å². The number of halogens is 2. The Morgan fingerprint density at radius 3 is 2.08 bits per heavy atom. The highest BCUT2D eigenvalue weighted by molar-refractivity contribution is 6.36. The monoisotopic (exact) mass is 201 g/mol. The molecule has 0 N–H and O–H groups in total. The fourth-order valence-corrected chi connectivity index (χ4v) is 1.53. The number of benzene rings is 1. The second kappa shape index (κ2) is 4.15. The van der Waals surface area contributed by atoms with Crippen LogP contribution in [0.25, 0.3) is 0 Å². The van der Waals surface area contributed by atoms with Crippen molar-refractivity contribution in [3.8, 4) is 0 Å². The third-order valence-electron chi connectivity index (χ3n) is 1.50. The van der Waals surface area contributed by atoms with Gasteiger partial charge in [-0.05, 0) is 30.0 Å². The van der Waals surface area contributed by atoms with E-state index in [1.807, 2.05) is 18.2 Å². The molecule has 1 aromatic rings. The van der Waals surface area contributed by atoms with Crippen molar-refractivity contribution in [2.24, 2.45) is 5.92 Å². The summed E-state index contributed by atoms with van der Waals surface area (Å²) in [7, 11) is 0. The van der Waals surface area contributed by atoms with Gasteiger partial charge in [0, 0.05) is 10.0 Å². The van der Waals surface area contributed by atoms with Crippen LogP contribution in [-0.2, 0) is 0 Å². The molecule has 0 fully saturated rings. The van der Waals surface area contributed by atoms with Crippen molar-refractivity contribution in [2.75, 3.05) is 0 Å². The first-order chi connectivity index (χ1) is 5.61. The Morgan fingerprint density at radius 1 is 1.17 bits per heavy atom. The molecule has 0 saturated carbocycles. The summed E-state index contributed by atoms with van der Waals surface area (Å²) >= 11 is 11.9. The van der Waals surface area contributed by atoms with Crippen molar-refractivity contribution >= 4 is 23.2 Å². The summed E-state index contributed by atoms with van der Waals surface area (Å²) in [6.07, 6.45) is 2.06. The average Bonchev–Trinajstić information content (AvgIpc) is 1.97. The minimum atomic E-state index is 0.461. The molecule has 0 atom stereocenters. The fraction of sp³-hybridized carbons (Fsp3) is 0.300. The molecule has 0 aliphatic heterocycles. The summed E-state index contributed by atoms with van der Waals surface area (Å²) in [6.45, 7) is 4.19. The van der Waals surface area contributed by atoms with E-state index in [0.29, 0.717) is 5.92 Å². The van der Waals surface area contributed by atoms with Gasteiger partial charge in [-0.25, -0.2) is 0 Å². The van der Waals surface area contributed by atoms with Crippen molar-refractivity contribution in [3.05, 3.63) is 40.2 Å². The maximum Gasteiger partial charge on any atom is 0.0456 e. The molecule has 0 aliphatic carbocycles. The Hall–Kier alpha value is -0.200. The standard InChI is InChI=1S/C10H11Cl2/c1-7(2)6-8-9(11)4-3-5-10(8)12/h3-7H,1-2H3. The van der Waals surface area contributed by atoms with E-state index in [1.54, 1.807) is 0 Å². The molecule has 2 heteroatoms. The minimum absolute atomic E-state index is 0.461. The first kappa shape index (κ1) is 9.88. The lowest BCUT2D eigenvalue weighted by atomic mass is 10.0. The number of hydrogen-bond acceptors (Lipinski definition) is 0. The van der Waals surface area contributed by atoms with E-state index in [-0.39, 0.29) is 0 Å². The van der Waals surface area contributed by atoms with Crippen LogP contribution in [0.5, 0.6) is 0 Å². The van der Waals surface area contributed by atoms with Crippen molar-refractivity contribution in [1.82, 2.24) is 0 Å². The molecule has 0 nitrogen and oxygen atoms in total. The van der Waals surface area contributed by atoms with Crippen LogP contribution in [0, 0.1) is 12.3 Å². The van der Waals surface area contributed by atoms with E-state index < -0.39 is 0 Å². The molecule has 1 aromatic carbocycles. The maximum atomic E-state index is 5.96. The molecule has 0 aliphatic rings. The maximum absolute atomic E-state index is 5.96. The Morgan fingerprint density at radius 2 is 1.67 bits per heavy atom. The van der Waals surface area contributed by atoms with E-state index in [0.717, 1.165) is 15.6 Å². The molecular formula is C10H11Cl2. The van der Waals surface area contributed by atoms with Crippen LogP contribution in [0.15, 0.2) is 18.2 Å². The zero-order chi connectivity index (χ0) is 9.14.